The maximum atomic E-state index is 14.3. The first kappa shape index (κ1) is 52.7. The number of rotatable bonds is 8. The molecule has 0 aliphatic heterocycles. The molecule has 0 atom stereocenters. The van der Waals surface area contributed by atoms with Gasteiger partial charge in [-0.2, -0.15) is 13.2 Å². The van der Waals surface area contributed by atoms with Gasteiger partial charge >= 0.3 is 6.18 Å². The lowest BCUT2D eigenvalue weighted by Crippen LogP contribution is -2.05. The van der Waals surface area contributed by atoms with E-state index in [4.69, 9.17) is 6.57 Å². The van der Waals surface area contributed by atoms with Crippen LogP contribution in [0.3, 0.4) is 0 Å². The van der Waals surface area contributed by atoms with E-state index in [2.05, 4.69) is 233 Å². The molecule has 0 saturated heterocycles. The Morgan fingerprint density at radius 2 is 0.687 bits per heavy atom. The van der Waals surface area contributed by atoms with Crippen molar-refractivity contribution >= 4 is 49.3 Å². The first-order valence-electron chi connectivity index (χ1n) is 28.2. The van der Waals surface area contributed by atoms with E-state index in [9.17, 15) is 13.2 Å². The lowest BCUT2D eigenvalue weighted by molar-refractivity contribution is -0.137. The first-order valence-corrected chi connectivity index (χ1v) is 28.2. The summed E-state index contributed by atoms with van der Waals surface area (Å²) < 4.78 is 47.5. The van der Waals surface area contributed by atoms with Gasteiger partial charge < -0.3 is 9.13 Å². The Bertz CT molecular complexity index is 4600. The third-order valence-electron chi connectivity index (χ3n) is 16.5. The van der Waals surface area contributed by atoms with Gasteiger partial charge in [0.05, 0.1) is 39.9 Å². The second kappa shape index (κ2) is 20.1. The number of aromatic nitrogens is 2. The summed E-state index contributed by atoms with van der Waals surface area (Å²) in [6.07, 6.45) is -4.50. The van der Waals surface area contributed by atoms with E-state index in [0.29, 0.717) is 22.4 Å². The zero-order valence-electron chi connectivity index (χ0n) is 48.0. The molecule has 0 bridgehead atoms. The summed E-state index contributed by atoms with van der Waals surface area (Å²) in [5.74, 6) is 0. The molecule has 83 heavy (non-hydrogen) atoms. The fourth-order valence-corrected chi connectivity index (χ4v) is 13.2. The lowest BCUT2D eigenvalue weighted by atomic mass is 9.92. The number of aryl methyl sites for hydroxylation is 9. The van der Waals surface area contributed by atoms with Crippen LogP contribution in [0.5, 0.6) is 0 Å². The van der Waals surface area contributed by atoms with E-state index in [1.54, 1.807) is 13.0 Å². The summed E-state index contributed by atoms with van der Waals surface area (Å²) in [6, 6.07) is 69.7. The molecule has 3 nitrogen and oxygen atoms in total. The first-order chi connectivity index (χ1) is 39.8. The minimum absolute atomic E-state index is 0.439. The van der Waals surface area contributed by atoms with Gasteiger partial charge in [0, 0.05) is 32.8 Å². The fourth-order valence-electron chi connectivity index (χ4n) is 13.2. The molecular formula is C77H60F3N3. The third-order valence-corrected chi connectivity index (χ3v) is 16.5. The molecule has 0 aliphatic rings. The molecule has 0 N–H and O–H groups in total. The van der Waals surface area contributed by atoms with E-state index in [0.717, 1.165) is 111 Å². The van der Waals surface area contributed by atoms with Crippen molar-refractivity contribution in [1.82, 2.24) is 9.13 Å². The molecule has 13 rings (SSSR count). The quantitative estimate of drug-likeness (QED) is 0.135. The van der Waals surface area contributed by atoms with Crippen molar-refractivity contribution in [1.29, 1.82) is 0 Å². The van der Waals surface area contributed by atoms with Gasteiger partial charge in [-0.3, -0.25) is 0 Å². The molecule has 0 unspecified atom stereocenters. The standard InChI is InChI=1S/C77H60F3N3/c1-44-26-45(2)31-58(30-44)53-14-21-70-64(39-53)65-40-54(59-32-46(3)27-47(4)33-59)15-22-71(65)82(70)74-25-18-57(63-20-19-62(38-52(63)9)77(78,79)80)43-68(74)76-69(81-10)12-11-13-75(76)83-72-23-16-55(60-34-48(5)28-49(6)35-60)41-66(72)67-42-56(17-24-73(67)83)61-36-50(7)29-51(8)37-61/h11-43H,1-9H3. The van der Waals surface area contributed by atoms with Crippen LogP contribution in [0.15, 0.2) is 200 Å². The van der Waals surface area contributed by atoms with Crippen LogP contribution in [0.25, 0.3) is 127 Å². The second-order valence-electron chi connectivity index (χ2n) is 23.1. The van der Waals surface area contributed by atoms with E-state index in [-0.39, 0.29) is 0 Å². The van der Waals surface area contributed by atoms with E-state index in [1.165, 1.54) is 56.6 Å². The van der Waals surface area contributed by atoms with Gasteiger partial charge in [0.25, 0.3) is 0 Å². The molecule has 6 heteroatoms. The number of nitrogens with zero attached hydrogens (tertiary/aromatic N) is 3. The molecule has 404 valence electrons. The number of halogens is 3. The van der Waals surface area contributed by atoms with Crippen molar-refractivity contribution in [2.24, 2.45) is 0 Å². The van der Waals surface area contributed by atoms with Crippen LogP contribution in [0.2, 0.25) is 0 Å². The van der Waals surface area contributed by atoms with Crippen molar-refractivity contribution in [2.75, 3.05) is 0 Å². The van der Waals surface area contributed by atoms with Gasteiger partial charge in [-0.15, -0.1) is 0 Å². The van der Waals surface area contributed by atoms with Gasteiger partial charge in [-0.1, -0.05) is 166 Å². The Hall–Kier alpha value is -9.70. The number of fused-ring (bicyclic) bond motifs is 6. The molecule has 0 aliphatic carbocycles. The maximum Gasteiger partial charge on any atom is 0.416 e. The molecule has 0 amide bonds. The van der Waals surface area contributed by atoms with E-state index >= 15 is 0 Å². The van der Waals surface area contributed by atoms with Crippen LogP contribution < -0.4 is 0 Å². The number of hydrogen-bond donors (Lipinski definition) is 0. The summed E-state index contributed by atoms with van der Waals surface area (Å²) in [6.45, 7) is 27.8. The Morgan fingerprint density at radius 1 is 0.325 bits per heavy atom. The lowest BCUT2D eigenvalue weighted by Gasteiger charge is -2.21. The summed E-state index contributed by atoms with van der Waals surface area (Å²) >= 11 is 0. The zero-order valence-corrected chi connectivity index (χ0v) is 48.0. The van der Waals surface area contributed by atoms with Crippen LogP contribution in [-0.2, 0) is 6.18 Å². The zero-order chi connectivity index (χ0) is 57.7. The van der Waals surface area contributed by atoms with Crippen molar-refractivity contribution in [3.05, 3.63) is 267 Å². The highest BCUT2D eigenvalue weighted by atomic mass is 19.4. The number of benzene rings is 11. The summed E-state index contributed by atoms with van der Waals surface area (Å²) in [5.41, 5.74) is 27.1. The van der Waals surface area contributed by atoms with Crippen molar-refractivity contribution in [3.63, 3.8) is 0 Å². The van der Waals surface area contributed by atoms with Gasteiger partial charge in [0.2, 0.25) is 0 Å². The van der Waals surface area contributed by atoms with Crippen LogP contribution in [0.1, 0.15) is 55.6 Å². The highest BCUT2D eigenvalue weighted by Crippen LogP contribution is 2.48. The minimum Gasteiger partial charge on any atom is -0.310 e. The second-order valence-corrected chi connectivity index (χ2v) is 23.1. The Kier molecular flexibility index (Phi) is 12.7. The molecule has 0 radical (unpaired) electrons. The molecule has 11 aromatic carbocycles. The molecule has 0 saturated carbocycles. The highest BCUT2D eigenvalue weighted by molar-refractivity contribution is 6.14. The van der Waals surface area contributed by atoms with Crippen molar-refractivity contribution in [2.45, 2.75) is 68.5 Å². The SMILES string of the molecule is [C-]#[N+]c1cccc(-n2c3ccc(-c4cc(C)cc(C)c4)cc3c3cc(-c4cc(C)cc(C)c4)ccc32)c1-c1cc(-c2ccc(C(F)(F)F)cc2C)ccc1-n1c2ccc(-c3cc(C)cc(C)c3)cc2c2cc(-c3cc(C)cc(C)c3)ccc21. The van der Waals surface area contributed by atoms with Gasteiger partial charge in [0.15, 0.2) is 5.69 Å². The predicted molar refractivity (Wildman–Crippen MR) is 342 cm³/mol. The molecule has 13 aromatic rings. The molecule has 0 fully saturated rings. The predicted octanol–water partition coefficient (Wildman–Crippen LogP) is 22.2. The monoisotopic (exact) mass is 1080 g/mol. The van der Waals surface area contributed by atoms with Crippen LogP contribution >= 0.6 is 0 Å². The topological polar surface area (TPSA) is 14.2 Å². The Labute approximate surface area is 483 Å². The molecule has 0 spiro atoms. The maximum absolute atomic E-state index is 14.3. The summed E-state index contributed by atoms with van der Waals surface area (Å²) in [5, 5.41) is 4.27. The molecule has 2 heterocycles. The molecular weight excluding hydrogens is 1020 g/mol. The van der Waals surface area contributed by atoms with Crippen molar-refractivity contribution < 1.29 is 13.2 Å². The van der Waals surface area contributed by atoms with Crippen molar-refractivity contribution in [3.8, 4) is 78.1 Å². The van der Waals surface area contributed by atoms with Gasteiger partial charge in [-0.25, -0.2) is 4.85 Å². The fraction of sp³-hybridized carbons (Fsp3) is 0.130. The Morgan fingerprint density at radius 3 is 1.04 bits per heavy atom. The largest absolute Gasteiger partial charge is 0.416 e. The average molecular weight is 1080 g/mol. The van der Waals surface area contributed by atoms with E-state index < -0.39 is 11.7 Å². The number of alkyl halides is 3. The van der Waals surface area contributed by atoms with Gasteiger partial charge in [-0.05, 0) is 208 Å². The van der Waals surface area contributed by atoms with Gasteiger partial charge in [0.1, 0.15) is 0 Å². The normalized spacial score (nSPS) is 11.8. The summed E-state index contributed by atoms with van der Waals surface area (Å²) in [4.78, 5) is 4.34. The Balaban J connectivity index is 1.13. The van der Waals surface area contributed by atoms with E-state index in [1.807, 2.05) is 18.2 Å². The van der Waals surface area contributed by atoms with Crippen LogP contribution in [-0.4, -0.2) is 9.13 Å². The van der Waals surface area contributed by atoms with Crippen LogP contribution in [0.4, 0.5) is 18.9 Å². The van der Waals surface area contributed by atoms with Crippen LogP contribution in [0, 0.1) is 68.9 Å². The average Bonchev–Trinajstić information content (AvgIpc) is 4.00. The highest BCUT2D eigenvalue weighted by Gasteiger charge is 2.31. The number of hydrogen-bond acceptors (Lipinski definition) is 0. The minimum atomic E-state index is -4.50. The third kappa shape index (κ3) is 9.46. The smallest absolute Gasteiger partial charge is 0.310 e. The summed E-state index contributed by atoms with van der Waals surface area (Å²) in [7, 11) is 0. The molecule has 2 aromatic heterocycles.